The first-order valence-corrected chi connectivity index (χ1v) is 5.70. The summed E-state index contributed by atoms with van der Waals surface area (Å²) < 4.78 is 0. The number of hydrogen-bond acceptors (Lipinski definition) is 1. The topological polar surface area (TPSA) is 28.7 Å². The van der Waals surface area contributed by atoms with Crippen molar-refractivity contribution in [1.29, 1.82) is 0 Å². The number of allylic oxidation sites excluding steroid dienone is 4. The van der Waals surface area contributed by atoms with Gasteiger partial charge in [0.1, 0.15) is 0 Å². The Morgan fingerprint density at radius 2 is 1.94 bits per heavy atom. The van der Waals surface area contributed by atoms with Crippen LogP contribution in [0.15, 0.2) is 48.6 Å². The van der Waals surface area contributed by atoms with Gasteiger partial charge in [0.05, 0.1) is 5.52 Å². The summed E-state index contributed by atoms with van der Waals surface area (Å²) in [6, 6.07) is 8.27. The number of nitrogens with zero attached hydrogens (tertiary/aromatic N) is 1. The molecule has 0 unspecified atom stereocenters. The third-order valence-electron chi connectivity index (χ3n) is 3.10. The van der Waals surface area contributed by atoms with Crippen LogP contribution in [0.4, 0.5) is 0 Å². The van der Waals surface area contributed by atoms with E-state index < -0.39 is 0 Å². The number of hydrogen-bond donors (Lipinski definition) is 1. The number of para-hydroxylation sites is 1. The molecule has 2 heteroatoms. The standard InChI is InChI=1S/C14H14N2/c1-2-6-11(5-1)9-10-14-12-7-3-4-8-13(12)15-16-14/h1-8,11H,9-10H2,(H,15,16). The van der Waals surface area contributed by atoms with Crippen LogP contribution in [0.5, 0.6) is 0 Å². The number of H-pyrrole nitrogens is 1. The van der Waals surface area contributed by atoms with Crippen molar-refractivity contribution in [3.05, 3.63) is 54.3 Å². The number of nitrogens with one attached hydrogen (secondary N) is 1. The number of aryl methyl sites for hydroxylation is 1. The van der Waals surface area contributed by atoms with E-state index in [-0.39, 0.29) is 0 Å². The molecule has 0 bridgehead atoms. The predicted molar refractivity (Wildman–Crippen MR) is 66.2 cm³/mol. The van der Waals surface area contributed by atoms with Gasteiger partial charge in [-0.2, -0.15) is 5.10 Å². The Balaban J connectivity index is 1.79. The molecule has 1 aliphatic rings. The lowest BCUT2D eigenvalue weighted by atomic mass is 10.0. The van der Waals surface area contributed by atoms with Crippen molar-refractivity contribution in [2.24, 2.45) is 5.92 Å². The van der Waals surface area contributed by atoms with Crippen LogP contribution in [0.1, 0.15) is 12.1 Å². The first-order chi connectivity index (χ1) is 7.93. The molecule has 3 rings (SSSR count). The molecule has 0 atom stereocenters. The molecule has 0 saturated heterocycles. The van der Waals surface area contributed by atoms with Gasteiger partial charge in [0.15, 0.2) is 0 Å². The van der Waals surface area contributed by atoms with Gasteiger partial charge < -0.3 is 0 Å². The van der Waals surface area contributed by atoms with Gasteiger partial charge in [0, 0.05) is 11.1 Å². The van der Waals surface area contributed by atoms with Crippen molar-refractivity contribution in [1.82, 2.24) is 10.2 Å². The minimum atomic E-state index is 0.599. The minimum Gasteiger partial charge on any atom is -0.281 e. The normalized spacial score (nSPS) is 15.2. The van der Waals surface area contributed by atoms with Gasteiger partial charge in [-0.1, -0.05) is 42.5 Å². The van der Waals surface area contributed by atoms with Crippen LogP contribution in [-0.4, -0.2) is 10.2 Å². The molecule has 2 aromatic rings. The van der Waals surface area contributed by atoms with E-state index in [9.17, 15) is 0 Å². The molecular weight excluding hydrogens is 196 g/mol. The zero-order valence-electron chi connectivity index (χ0n) is 9.06. The zero-order valence-corrected chi connectivity index (χ0v) is 9.06. The molecule has 1 N–H and O–H groups in total. The van der Waals surface area contributed by atoms with Crippen molar-refractivity contribution < 1.29 is 0 Å². The average Bonchev–Trinajstić information content (AvgIpc) is 2.96. The Hall–Kier alpha value is -1.83. The van der Waals surface area contributed by atoms with Crippen molar-refractivity contribution >= 4 is 10.9 Å². The fourth-order valence-electron chi connectivity index (χ4n) is 2.19. The maximum absolute atomic E-state index is 4.30. The van der Waals surface area contributed by atoms with E-state index in [1.54, 1.807) is 0 Å². The lowest BCUT2D eigenvalue weighted by molar-refractivity contribution is 0.704. The zero-order chi connectivity index (χ0) is 10.8. The predicted octanol–water partition coefficient (Wildman–Crippen LogP) is 3.24. The number of aromatic nitrogens is 2. The number of fused-ring (bicyclic) bond motifs is 1. The maximum Gasteiger partial charge on any atom is 0.0923 e. The highest BCUT2D eigenvalue weighted by Gasteiger charge is 2.08. The average molecular weight is 210 g/mol. The summed E-state index contributed by atoms with van der Waals surface area (Å²) in [5.74, 6) is 0.599. The summed E-state index contributed by atoms with van der Waals surface area (Å²) in [6.07, 6.45) is 10.9. The summed E-state index contributed by atoms with van der Waals surface area (Å²) in [6.45, 7) is 0. The van der Waals surface area contributed by atoms with Crippen LogP contribution in [0.25, 0.3) is 10.9 Å². The van der Waals surface area contributed by atoms with Gasteiger partial charge in [-0.05, 0) is 24.8 Å². The van der Waals surface area contributed by atoms with Gasteiger partial charge in [0.25, 0.3) is 0 Å². The van der Waals surface area contributed by atoms with E-state index in [4.69, 9.17) is 0 Å². The largest absolute Gasteiger partial charge is 0.281 e. The molecule has 1 heterocycles. The lowest BCUT2D eigenvalue weighted by Crippen LogP contribution is -1.94. The highest BCUT2D eigenvalue weighted by atomic mass is 15.1. The molecule has 0 fully saturated rings. The monoisotopic (exact) mass is 210 g/mol. The summed E-state index contributed by atoms with van der Waals surface area (Å²) in [7, 11) is 0. The third-order valence-corrected chi connectivity index (χ3v) is 3.10. The molecule has 80 valence electrons. The van der Waals surface area contributed by atoms with Crippen molar-refractivity contribution in [2.45, 2.75) is 12.8 Å². The second-order valence-electron chi connectivity index (χ2n) is 4.19. The summed E-state index contributed by atoms with van der Waals surface area (Å²) in [4.78, 5) is 0. The molecule has 0 spiro atoms. The summed E-state index contributed by atoms with van der Waals surface area (Å²) in [5, 5.41) is 8.70. The fourth-order valence-corrected chi connectivity index (χ4v) is 2.19. The molecule has 16 heavy (non-hydrogen) atoms. The van der Waals surface area contributed by atoms with Gasteiger partial charge in [-0.15, -0.1) is 0 Å². The van der Waals surface area contributed by atoms with E-state index in [0.717, 1.165) is 18.4 Å². The second kappa shape index (κ2) is 3.97. The molecule has 1 aromatic carbocycles. The molecule has 0 aliphatic heterocycles. The Morgan fingerprint density at radius 1 is 1.12 bits per heavy atom. The quantitative estimate of drug-likeness (QED) is 0.827. The first kappa shape index (κ1) is 9.40. The second-order valence-corrected chi connectivity index (χ2v) is 4.19. The molecule has 0 saturated carbocycles. The first-order valence-electron chi connectivity index (χ1n) is 5.70. The number of rotatable bonds is 3. The Labute approximate surface area is 94.7 Å². The minimum absolute atomic E-state index is 0.599. The van der Waals surface area contributed by atoms with Crippen LogP contribution in [0.2, 0.25) is 0 Å². The number of benzene rings is 1. The molecule has 0 radical (unpaired) electrons. The molecule has 0 amide bonds. The van der Waals surface area contributed by atoms with Gasteiger partial charge in [0.2, 0.25) is 0 Å². The lowest BCUT2D eigenvalue weighted by Gasteiger charge is -2.03. The third kappa shape index (κ3) is 1.67. The van der Waals surface area contributed by atoms with Crippen LogP contribution in [-0.2, 0) is 6.42 Å². The summed E-state index contributed by atoms with van der Waals surface area (Å²) >= 11 is 0. The molecular formula is C14H14N2. The smallest absolute Gasteiger partial charge is 0.0923 e. The van der Waals surface area contributed by atoms with Gasteiger partial charge in [-0.25, -0.2) is 0 Å². The van der Waals surface area contributed by atoms with Gasteiger partial charge >= 0.3 is 0 Å². The molecule has 2 nitrogen and oxygen atoms in total. The number of aromatic amines is 1. The van der Waals surface area contributed by atoms with Crippen molar-refractivity contribution in [2.75, 3.05) is 0 Å². The van der Waals surface area contributed by atoms with Crippen molar-refractivity contribution in [3.8, 4) is 0 Å². The fraction of sp³-hybridized carbons (Fsp3) is 0.214. The summed E-state index contributed by atoms with van der Waals surface area (Å²) in [5.41, 5.74) is 2.32. The Bertz CT molecular complexity index is 537. The van der Waals surface area contributed by atoms with Crippen LogP contribution in [0.3, 0.4) is 0 Å². The van der Waals surface area contributed by atoms with E-state index in [2.05, 4.69) is 46.6 Å². The maximum atomic E-state index is 4.30. The van der Waals surface area contributed by atoms with Crippen LogP contribution in [0, 0.1) is 5.92 Å². The molecule has 1 aromatic heterocycles. The Kier molecular flexibility index (Phi) is 2.33. The highest BCUT2D eigenvalue weighted by Crippen LogP contribution is 2.20. The SMILES string of the molecule is C1=CC(CCc2[nH]nc3ccccc23)C=C1. The van der Waals surface area contributed by atoms with E-state index >= 15 is 0 Å². The Morgan fingerprint density at radius 3 is 2.81 bits per heavy atom. The van der Waals surface area contributed by atoms with Gasteiger partial charge in [-0.3, -0.25) is 5.10 Å². The van der Waals surface area contributed by atoms with Crippen LogP contribution < -0.4 is 0 Å². The highest BCUT2D eigenvalue weighted by molar-refractivity contribution is 5.81. The van der Waals surface area contributed by atoms with E-state index in [1.165, 1.54) is 11.1 Å². The van der Waals surface area contributed by atoms with Crippen molar-refractivity contribution in [3.63, 3.8) is 0 Å². The molecule has 1 aliphatic carbocycles. The van der Waals surface area contributed by atoms with Crippen LogP contribution >= 0.6 is 0 Å². The van der Waals surface area contributed by atoms with E-state index in [1.807, 2.05) is 12.1 Å². The van der Waals surface area contributed by atoms with E-state index in [0.29, 0.717) is 5.92 Å².